The van der Waals surface area contributed by atoms with Gasteiger partial charge in [0.2, 0.25) is 0 Å². The van der Waals surface area contributed by atoms with E-state index < -0.39 is 7.60 Å². The molecule has 112 valence electrons. The summed E-state index contributed by atoms with van der Waals surface area (Å²) in [5, 5.41) is 0. The maximum Gasteiger partial charge on any atom is 0.388 e. The van der Waals surface area contributed by atoms with Crippen LogP contribution in [0.4, 0.5) is 0 Å². The van der Waals surface area contributed by atoms with E-state index in [0.717, 1.165) is 16.7 Å². The van der Waals surface area contributed by atoms with Gasteiger partial charge in [-0.1, -0.05) is 54.6 Å². The topological polar surface area (TPSA) is 54.0 Å². The molecule has 0 radical (unpaired) electrons. The van der Waals surface area contributed by atoms with Crippen molar-refractivity contribution in [2.24, 2.45) is 0 Å². The van der Waals surface area contributed by atoms with Gasteiger partial charge in [0.15, 0.2) is 0 Å². The molecule has 0 bridgehead atoms. The third kappa shape index (κ3) is 4.24. The molecule has 0 unspecified atom stereocenters. The van der Waals surface area contributed by atoms with Gasteiger partial charge in [0.05, 0.1) is 20.4 Å². The van der Waals surface area contributed by atoms with Crippen molar-refractivity contribution in [1.29, 1.82) is 0 Å². The van der Waals surface area contributed by atoms with E-state index in [2.05, 4.69) is 9.78 Å². The SMILES string of the molecule is COOP(=O)(Cc1ccccc1-c1ccccc1)OOC. The second kappa shape index (κ2) is 7.50. The highest BCUT2D eigenvalue weighted by molar-refractivity contribution is 7.52. The van der Waals surface area contributed by atoms with Crippen LogP contribution in [0.1, 0.15) is 5.56 Å². The molecule has 2 aromatic carbocycles. The van der Waals surface area contributed by atoms with Crippen LogP contribution >= 0.6 is 7.60 Å². The van der Waals surface area contributed by atoms with Gasteiger partial charge in [-0.2, -0.15) is 0 Å². The van der Waals surface area contributed by atoms with Crippen molar-refractivity contribution in [1.82, 2.24) is 0 Å². The average molecular weight is 308 g/mol. The van der Waals surface area contributed by atoms with Gasteiger partial charge in [0, 0.05) is 0 Å². The molecule has 0 N–H and O–H groups in total. The molecular weight excluding hydrogens is 291 g/mol. The molecule has 0 aromatic heterocycles. The lowest BCUT2D eigenvalue weighted by atomic mass is 10.0. The largest absolute Gasteiger partial charge is 0.388 e. The van der Waals surface area contributed by atoms with E-state index in [1.165, 1.54) is 14.2 Å². The lowest BCUT2D eigenvalue weighted by Gasteiger charge is -2.16. The molecule has 21 heavy (non-hydrogen) atoms. The zero-order valence-corrected chi connectivity index (χ0v) is 12.8. The van der Waals surface area contributed by atoms with E-state index >= 15 is 0 Å². The molecule has 0 atom stereocenters. The Bertz CT molecular complexity index is 604. The Labute approximate surface area is 123 Å². The molecular formula is C15H17O5P. The zero-order chi connectivity index (χ0) is 15.1. The van der Waals surface area contributed by atoms with Crippen LogP contribution in [0.25, 0.3) is 11.1 Å². The maximum absolute atomic E-state index is 12.5. The minimum absolute atomic E-state index is 0.0414. The fraction of sp³-hybridized carbons (Fsp3) is 0.200. The lowest BCUT2D eigenvalue weighted by Crippen LogP contribution is -1.99. The summed E-state index contributed by atoms with van der Waals surface area (Å²) in [4.78, 5) is 9.02. The second-order valence-corrected chi connectivity index (χ2v) is 6.11. The number of rotatable bonds is 7. The van der Waals surface area contributed by atoms with Crippen LogP contribution in [0.2, 0.25) is 0 Å². The first-order valence-corrected chi connectivity index (χ1v) is 8.08. The van der Waals surface area contributed by atoms with E-state index in [1.807, 2.05) is 54.6 Å². The van der Waals surface area contributed by atoms with Gasteiger partial charge in [-0.25, -0.2) is 9.78 Å². The van der Waals surface area contributed by atoms with Gasteiger partial charge in [0.1, 0.15) is 0 Å². The Morgan fingerprint density at radius 1 is 0.857 bits per heavy atom. The second-order valence-electron chi connectivity index (χ2n) is 4.27. The number of hydrogen-bond acceptors (Lipinski definition) is 5. The van der Waals surface area contributed by atoms with Gasteiger partial charge in [-0.05, 0) is 16.7 Å². The molecule has 0 aliphatic rings. The summed E-state index contributed by atoms with van der Waals surface area (Å²) in [5.41, 5.74) is 2.80. The summed E-state index contributed by atoms with van der Waals surface area (Å²) >= 11 is 0. The summed E-state index contributed by atoms with van der Waals surface area (Å²) in [7, 11) is -0.988. The van der Waals surface area contributed by atoms with Gasteiger partial charge < -0.3 is 0 Å². The Kier molecular flexibility index (Phi) is 5.67. The molecule has 5 nitrogen and oxygen atoms in total. The zero-order valence-electron chi connectivity index (χ0n) is 11.9. The van der Waals surface area contributed by atoms with E-state index in [0.29, 0.717) is 0 Å². The number of benzene rings is 2. The molecule has 0 amide bonds. The summed E-state index contributed by atoms with van der Waals surface area (Å²) < 4.78 is 22.0. The van der Waals surface area contributed by atoms with E-state index in [9.17, 15) is 4.57 Å². The standard InChI is InChI=1S/C15H17O5P/c1-17-19-21(16,20-18-2)12-14-10-6-7-11-15(14)13-8-4-3-5-9-13/h3-11H,12H2,1-2H3. The summed E-state index contributed by atoms with van der Waals surface area (Å²) in [6.45, 7) is 0. The molecule has 2 rings (SSSR count). The highest BCUT2D eigenvalue weighted by Gasteiger charge is 2.29. The van der Waals surface area contributed by atoms with Crippen LogP contribution in [0.15, 0.2) is 54.6 Å². The normalized spacial score (nSPS) is 11.5. The minimum Gasteiger partial charge on any atom is -0.255 e. The van der Waals surface area contributed by atoms with Crippen molar-refractivity contribution >= 4 is 7.60 Å². The average Bonchev–Trinajstić information content (AvgIpc) is 2.49. The van der Waals surface area contributed by atoms with Crippen molar-refractivity contribution in [3.8, 4) is 11.1 Å². The lowest BCUT2D eigenvalue weighted by molar-refractivity contribution is -0.242. The van der Waals surface area contributed by atoms with Crippen LogP contribution < -0.4 is 0 Å². The third-order valence-electron chi connectivity index (χ3n) is 2.84. The first-order chi connectivity index (χ1) is 10.2. The Balaban J connectivity index is 2.34. The van der Waals surface area contributed by atoms with E-state index in [1.54, 1.807) is 0 Å². The highest BCUT2D eigenvalue weighted by Crippen LogP contribution is 2.52. The van der Waals surface area contributed by atoms with Crippen molar-refractivity contribution in [2.75, 3.05) is 14.2 Å². The van der Waals surface area contributed by atoms with Gasteiger partial charge in [-0.3, -0.25) is 4.57 Å². The first kappa shape index (κ1) is 15.9. The van der Waals surface area contributed by atoms with Crippen molar-refractivity contribution in [3.63, 3.8) is 0 Å². The molecule has 2 aromatic rings. The minimum atomic E-state index is -3.53. The van der Waals surface area contributed by atoms with Gasteiger partial charge in [-0.15, -0.1) is 9.35 Å². The van der Waals surface area contributed by atoms with Gasteiger partial charge >= 0.3 is 7.60 Å². The van der Waals surface area contributed by atoms with Crippen LogP contribution in [-0.2, 0) is 29.9 Å². The number of hydrogen-bond donors (Lipinski definition) is 0. The van der Waals surface area contributed by atoms with Crippen molar-refractivity contribution in [3.05, 3.63) is 60.2 Å². The Morgan fingerprint density at radius 2 is 1.43 bits per heavy atom. The molecule has 0 heterocycles. The summed E-state index contributed by atoms with van der Waals surface area (Å²) in [6.07, 6.45) is 0.0414. The molecule has 0 spiro atoms. The molecule has 0 saturated heterocycles. The highest BCUT2D eigenvalue weighted by atomic mass is 31.2. The Morgan fingerprint density at radius 3 is 2.05 bits per heavy atom. The molecule has 6 heteroatoms. The predicted molar refractivity (Wildman–Crippen MR) is 79.4 cm³/mol. The molecule has 0 fully saturated rings. The third-order valence-corrected chi connectivity index (χ3v) is 4.32. The van der Waals surface area contributed by atoms with Crippen LogP contribution in [0.3, 0.4) is 0 Å². The van der Waals surface area contributed by atoms with E-state index in [4.69, 9.17) is 9.35 Å². The Hall–Kier alpha value is -1.49. The van der Waals surface area contributed by atoms with Crippen LogP contribution in [0, 0.1) is 0 Å². The fourth-order valence-electron chi connectivity index (χ4n) is 2.06. The van der Waals surface area contributed by atoms with Gasteiger partial charge in [0.25, 0.3) is 0 Å². The molecule has 0 aliphatic carbocycles. The summed E-state index contributed by atoms with van der Waals surface area (Å²) in [5.74, 6) is 0. The summed E-state index contributed by atoms with van der Waals surface area (Å²) in [6, 6.07) is 17.4. The monoisotopic (exact) mass is 308 g/mol. The van der Waals surface area contributed by atoms with E-state index in [-0.39, 0.29) is 6.16 Å². The molecule has 0 aliphatic heterocycles. The maximum atomic E-state index is 12.5. The van der Waals surface area contributed by atoms with Crippen molar-refractivity contribution < 1.29 is 23.7 Å². The van der Waals surface area contributed by atoms with Crippen LogP contribution in [0.5, 0.6) is 0 Å². The fourth-order valence-corrected chi connectivity index (χ4v) is 3.34. The smallest absolute Gasteiger partial charge is 0.255 e. The quantitative estimate of drug-likeness (QED) is 0.436. The predicted octanol–water partition coefficient (Wildman–Crippen LogP) is 4.20. The van der Waals surface area contributed by atoms with Crippen molar-refractivity contribution in [2.45, 2.75) is 6.16 Å². The first-order valence-electron chi connectivity index (χ1n) is 6.36. The van der Waals surface area contributed by atoms with Crippen LogP contribution in [-0.4, -0.2) is 14.2 Å². The molecule has 0 saturated carbocycles.